The van der Waals surface area contributed by atoms with Gasteiger partial charge in [-0.05, 0) is 18.4 Å². The Morgan fingerprint density at radius 2 is 1.91 bits per heavy atom. The second-order valence-electron chi connectivity index (χ2n) is 5.75. The zero-order valence-corrected chi connectivity index (χ0v) is 12.9. The third-order valence-corrected chi connectivity index (χ3v) is 5.95. The number of ether oxygens (including phenoxy) is 2. The van der Waals surface area contributed by atoms with Crippen LogP contribution in [0.3, 0.4) is 0 Å². The van der Waals surface area contributed by atoms with Crippen LogP contribution in [0.2, 0.25) is 0 Å². The van der Waals surface area contributed by atoms with E-state index in [1.165, 1.54) is 0 Å². The van der Waals surface area contributed by atoms with Crippen LogP contribution in [0.5, 0.6) is 0 Å². The lowest BCUT2D eigenvalue weighted by Crippen LogP contribution is -2.40. The van der Waals surface area contributed by atoms with E-state index >= 15 is 0 Å². The Bertz CT molecular complexity index is 631. The van der Waals surface area contributed by atoms with Crippen LogP contribution in [-0.2, 0) is 35.2 Å². The summed E-state index contributed by atoms with van der Waals surface area (Å²) in [6.07, 6.45) is 0.914. The van der Waals surface area contributed by atoms with E-state index in [2.05, 4.69) is 0 Å². The zero-order valence-electron chi connectivity index (χ0n) is 12.1. The molecule has 0 aromatic heterocycles. The largest absolute Gasteiger partial charge is 0.379 e. The van der Waals surface area contributed by atoms with Crippen LogP contribution in [-0.4, -0.2) is 39.0 Å². The topological polar surface area (TPSA) is 78.9 Å². The first kappa shape index (κ1) is 15.5. The standard InChI is InChI=1S/C15H18O6S/c16-14(13-9-19-10-13)21-22(17,18)15(6-7-15)11-20-8-12-4-2-1-3-5-12/h1-5,13H,6-11H2. The van der Waals surface area contributed by atoms with Gasteiger partial charge in [-0.3, -0.25) is 4.79 Å². The van der Waals surface area contributed by atoms with Gasteiger partial charge in [-0.1, -0.05) is 30.3 Å². The molecular weight excluding hydrogens is 308 g/mol. The van der Waals surface area contributed by atoms with Crippen LogP contribution >= 0.6 is 0 Å². The molecule has 0 atom stereocenters. The molecule has 1 aliphatic heterocycles. The fraction of sp³-hybridized carbons (Fsp3) is 0.533. The summed E-state index contributed by atoms with van der Waals surface area (Å²) in [6.45, 7) is 0.832. The molecule has 2 aliphatic rings. The van der Waals surface area contributed by atoms with Gasteiger partial charge in [0.25, 0.3) is 0 Å². The predicted molar refractivity (Wildman–Crippen MR) is 77.4 cm³/mol. The molecule has 1 saturated heterocycles. The van der Waals surface area contributed by atoms with Gasteiger partial charge in [0.2, 0.25) is 0 Å². The number of hydrogen-bond donors (Lipinski definition) is 0. The van der Waals surface area contributed by atoms with Crippen molar-refractivity contribution in [2.75, 3.05) is 19.8 Å². The van der Waals surface area contributed by atoms with Crippen molar-refractivity contribution >= 4 is 16.1 Å². The summed E-state index contributed by atoms with van der Waals surface area (Å²) in [4.78, 5) is 11.7. The van der Waals surface area contributed by atoms with Crippen molar-refractivity contribution in [2.24, 2.45) is 5.92 Å². The van der Waals surface area contributed by atoms with Crippen molar-refractivity contribution in [3.8, 4) is 0 Å². The summed E-state index contributed by atoms with van der Waals surface area (Å²) in [5.74, 6) is -1.18. The van der Waals surface area contributed by atoms with Crippen LogP contribution < -0.4 is 0 Å². The summed E-state index contributed by atoms with van der Waals surface area (Å²) in [5, 5.41) is 0. The Kier molecular flexibility index (Phi) is 4.20. The highest BCUT2D eigenvalue weighted by atomic mass is 32.2. The van der Waals surface area contributed by atoms with Gasteiger partial charge in [-0.15, -0.1) is 0 Å². The molecule has 7 heteroatoms. The molecule has 120 valence electrons. The SMILES string of the molecule is O=C(OS(=O)(=O)C1(COCc2ccccc2)CC1)C1COC1. The predicted octanol–water partition coefficient (Wildman–Crippen LogP) is 1.26. The molecule has 2 fully saturated rings. The van der Waals surface area contributed by atoms with Gasteiger partial charge in [0, 0.05) is 0 Å². The third kappa shape index (κ3) is 3.16. The van der Waals surface area contributed by atoms with E-state index in [9.17, 15) is 13.2 Å². The average molecular weight is 326 g/mol. The Hall–Kier alpha value is -1.44. The van der Waals surface area contributed by atoms with Crippen LogP contribution in [0.1, 0.15) is 18.4 Å². The van der Waals surface area contributed by atoms with E-state index in [1.807, 2.05) is 30.3 Å². The molecule has 22 heavy (non-hydrogen) atoms. The van der Waals surface area contributed by atoms with Crippen LogP contribution in [0, 0.1) is 5.92 Å². The Labute approximate surface area is 129 Å². The molecule has 0 bridgehead atoms. The zero-order chi connectivity index (χ0) is 15.6. The van der Waals surface area contributed by atoms with Gasteiger partial charge in [-0.2, -0.15) is 8.42 Å². The average Bonchev–Trinajstić information content (AvgIpc) is 3.19. The second-order valence-corrected chi connectivity index (χ2v) is 7.69. The molecule has 1 aliphatic carbocycles. The van der Waals surface area contributed by atoms with Gasteiger partial charge in [0.1, 0.15) is 10.7 Å². The van der Waals surface area contributed by atoms with Crippen LogP contribution in [0.15, 0.2) is 30.3 Å². The van der Waals surface area contributed by atoms with Crippen molar-refractivity contribution in [2.45, 2.75) is 24.2 Å². The van der Waals surface area contributed by atoms with Crippen molar-refractivity contribution in [3.63, 3.8) is 0 Å². The number of benzene rings is 1. The monoisotopic (exact) mass is 326 g/mol. The summed E-state index contributed by atoms with van der Waals surface area (Å²) in [6, 6.07) is 9.50. The highest BCUT2D eigenvalue weighted by Gasteiger charge is 2.57. The Morgan fingerprint density at radius 1 is 1.23 bits per heavy atom. The molecule has 1 saturated carbocycles. The quantitative estimate of drug-likeness (QED) is 0.702. The van der Waals surface area contributed by atoms with Gasteiger partial charge in [-0.25, -0.2) is 0 Å². The van der Waals surface area contributed by atoms with Crippen molar-refractivity contribution in [1.82, 2.24) is 0 Å². The van der Waals surface area contributed by atoms with E-state index < -0.39 is 26.8 Å². The second kappa shape index (κ2) is 5.98. The van der Waals surface area contributed by atoms with E-state index in [1.54, 1.807) is 0 Å². The summed E-state index contributed by atoms with van der Waals surface area (Å²) < 4.78 is 38.6. The van der Waals surface area contributed by atoms with E-state index in [0.717, 1.165) is 5.56 Å². The van der Waals surface area contributed by atoms with Crippen molar-refractivity contribution < 1.29 is 26.9 Å². The lowest BCUT2D eigenvalue weighted by molar-refractivity contribution is -0.153. The van der Waals surface area contributed by atoms with Gasteiger partial charge in [0.15, 0.2) is 0 Å². The van der Waals surface area contributed by atoms with Crippen LogP contribution in [0.25, 0.3) is 0 Å². The molecule has 0 N–H and O–H groups in total. The van der Waals surface area contributed by atoms with Crippen LogP contribution in [0.4, 0.5) is 0 Å². The maximum Gasteiger partial charge on any atom is 0.329 e. The van der Waals surface area contributed by atoms with Crippen molar-refractivity contribution in [3.05, 3.63) is 35.9 Å². The fourth-order valence-corrected chi connectivity index (χ4v) is 3.53. The maximum absolute atomic E-state index is 12.2. The molecule has 0 spiro atoms. The molecule has 1 aromatic carbocycles. The van der Waals surface area contributed by atoms with E-state index in [4.69, 9.17) is 13.7 Å². The molecule has 0 unspecified atom stereocenters. The fourth-order valence-electron chi connectivity index (χ4n) is 2.17. The van der Waals surface area contributed by atoms with E-state index in [-0.39, 0.29) is 19.8 Å². The number of hydrogen-bond acceptors (Lipinski definition) is 6. The first-order chi connectivity index (χ1) is 10.5. The molecule has 1 aromatic rings. The number of rotatable bonds is 7. The first-order valence-corrected chi connectivity index (χ1v) is 8.61. The minimum absolute atomic E-state index is 0.0404. The molecule has 0 radical (unpaired) electrons. The third-order valence-electron chi connectivity index (χ3n) is 3.98. The molecule has 6 nitrogen and oxygen atoms in total. The minimum Gasteiger partial charge on any atom is -0.379 e. The highest BCUT2D eigenvalue weighted by Crippen LogP contribution is 2.45. The normalized spacial score (nSPS) is 20.2. The smallest absolute Gasteiger partial charge is 0.329 e. The number of carbonyl (C=O) groups is 1. The van der Waals surface area contributed by atoms with E-state index in [0.29, 0.717) is 19.4 Å². The molecule has 1 heterocycles. The number of carbonyl (C=O) groups excluding carboxylic acids is 1. The van der Waals surface area contributed by atoms with Gasteiger partial charge in [0.05, 0.1) is 26.4 Å². The lowest BCUT2D eigenvalue weighted by Gasteiger charge is -2.24. The lowest BCUT2D eigenvalue weighted by atomic mass is 10.1. The maximum atomic E-state index is 12.2. The molecular formula is C15H18O6S. The van der Waals surface area contributed by atoms with Crippen molar-refractivity contribution in [1.29, 1.82) is 0 Å². The summed E-state index contributed by atoms with van der Waals surface area (Å²) >= 11 is 0. The molecule has 0 amide bonds. The Balaban J connectivity index is 1.54. The summed E-state index contributed by atoms with van der Waals surface area (Å²) in [7, 11) is -3.95. The first-order valence-electron chi connectivity index (χ1n) is 7.20. The minimum atomic E-state index is -3.95. The molecule has 3 rings (SSSR count). The van der Waals surface area contributed by atoms with Gasteiger partial charge < -0.3 is 13.7 Å². The summed E-state index contributed by atoms with van der Waals surface area (Å²) in [5.41, 5.74) is 0.972. The highest BCUT2D eigenvalue weighted by molar-refractivity contribution is 7.88. The Morgan fingerprint density at radius 3 is 2.45 bits per heavy atom. The van der Waals surface area contributed by atoms with Gasteiger partial charge >= 0.3 is 16.1 Å².